The molecule has 0 aliphatic carbocycles. The van der Waals surface area contributed by atoms with E-state index < -0.39 is 10.0 Å². The van der Waals surface area contributed by atoms with Crippen LogP contribution < -0.4 is 15.4 Å². The Labute approximate surface area is 149 Å². The van der Waals surface area contributed by atoms with Crippen LogP contribution in [0.25, 0.3) is 0 Å². The van der Waals surface area contributed by atoms with Crippen molar-refractivity contribution in [3.63, 3.8) is 0 Å². The van der Waals surface area contributed by atoms with Gasteiger partial charge >= 0.3 is 0 Å². The van der Waals surface area contributed by atoms with Crippen LogP contribution >= 0.6 is 0 Å². The molecule has 7 nitrogen and oxygen atoms in total. The maximum Gasteiger partial charge on any atom is 0.243 e. The van der Waals surface area contributed by atoms with Gasteiger partial charge in [-0.2, -0.15) is 4.31 Å². The topological polar surface area (TPSA) is 87.7 Å². The van der Waals surface area contributed by atoms with Crippen molar-refractivity contribution in [2.45, 2.75) is 43.7 Å². The third-order valence-corrected chi connectivity index (χ3v) is 6.44. The van der Waals surface area contributed by atoms with Crippen molar-refractivity contribution < 1.29 is 17.9 Å². The van der Waals surface area contributed by atoms with Gasteiger partial charge in [-0.3, -0.25) is 4.79 Å². The number of sulfonamides is 1. The Bertz CT molecular complexity index is 698. The quantitative estimate of drug-likeness (QED) is 0.751. The number of hydrogen-bond donors (Lipinski definition) is 2. The lowest BCUT2D eigenvalue weighted by Crippen LogP contribution is -2.43. The maximum absolute atomic E-state index is 12.9. The summed E-state index contributed by atoms with van der Waals surface area (Å²) in [6, 6.07) is 5.15. The summed E-state index contributed by atoms with van der Waals surface area (Å²) < 4.78 is 32.6. The Balaban J connectivity index is 2.21. The third-order valence-electron chi connectivity index (χ3n) is 4.55. The molecule has 1 aliphatic rings. The second-order valence-electron chi connectivity index (χ2n) is 6.07. The summed E-state index contributed by atoms with van der Waals surface area (Å²) >= 11 is 0. The largest absolute Gasteiger partial charge is 0.496 e. The molecule has 0 atom stereocenters. The molecule has 0 spiro atoms. The fourth-order valence-corrected chi connectivity index (χ4v) is 4.43. The van der Waals surface area contributed by atoms with Gasteiger partial charge in [0.1, 0.15) is 5.75 Å². The van der Waals surface area contributed by atoms with Gasteiger partial charge in [0.15, 0.2) is 0 Å². The van der Waals surface area contributed by atoms with Gasteiger partial charge < -0.3 is 15.4 Å². The number of rotatable bonds is 7. The lowest BCUT2D eigenvalue weighted by molar-refractivity contribution is -0.120. The molecule has 0 unspecified atom stereocenters. The Hall–Kier alpha value is -1.64. The number of hydrogen-bond acceptors (Lipinski definition) is 5. The molecule has 25 heavy (non-hydrogen) atoms. The summed E-state index contributed by atoms with van der Waals surface area (Å²) in [5.74, 6) is 0.466. The van der Waals surface area contributed by atoms with Crippen molar-refractivity contribution in [2.24, 2.45) is 0 Å². The lowest BCUT2D eigenvalue weighted by Gasteiger charge is -2.31. The Kier molecular flexibility index (Phi) is 6.80. The van der Waals surface area contributed by atoms with Crippen LogP contribution in [-0.2, 0) is 21.4 Å². The highest BCUT2D eigenvalue weighted by Crippen LogP contribution is 2.26. The number of nitrogens with one attached hydrogen (secondary N) is 2. The molecular weight excluding hydrogens is 342 g/mol. The predicted octanol–water partition coefficient (Wildman–Crippen LogP) is 1.09. The summed E-state index contributed by atoms with van der Waals surface area (Å²) in [6.07, 6.45) is 1.97. The Morgan fingerprint density at radius 2 is 2.00 bits per heavy atom. The second kappa shape index (κ2) is 8.64. The second-order valence-corrected chi connectivity index (χ2v) is 8.01. The fourth-order valence-electron chi connectivity index (χ4n) is 2.91. The van der Waals surface area contributed by atoms with Gasteiger partial charge in [0.05, 0.1) is 12.0 Å². The van der Waals surface area contributed by atoms with E-state index in [-0.39, 0.29) is 17.3 Å². The first kappa shape index (κ1) is 19.7. The summed E-state index contributed by atoms with van der Waals surface area (Å²) in [5, 5.41) is 5.95. The summed E-state index contributed by atoms with van der Waals surface area (Å²) in [6.45, 7) is 3.01. The molecule has 1 aromatic carbocycles. The maximum atomic E-state index is 12.9. The van der Waals surface area contributed by atoms with E-state index in [4.69, 9.17) is 4.74 Å². The monoisotopic (exact) mass is 369 g/mol. The van der Waals surface area contributed by atoms with Crippen molar-refractivity contribution >= 4 is 15.9 Å². The number of ether oxygens (including phenoxy) is 1. The minimum absolute atomic E-state index is 0.0931. The molecule has 140 valence electrons. The molecule has 2 rings (SSSR count). The molecule has 1 fully saturated rings. The van der Waals surface area contributed by atoms with Gasteiger partial charge in [-0.25, -0.2) is 8.42 Å². The average Bonchev–Trinajstić information content (AvgIpc) is 2.65. The molecule has 8 heteroatoms. The standard InChI is InChI=1S/C17H27N3O4S/c1-4-17(21)19-12-13-11-15(5-6-16(13)24-3)25(22,23)20-9-7-14(18-2)8-10-20/h5-6,11,14,18H,4,7-10,12H2,1-3H3,(H,19,21). The number of amides is 1. The molecule has 1 aromatic rings. The first-order chi connectivity index (χ1) is 11.9. The van der Waals surface area contributed by atoms with Crippen molar-refractivity contribution in [1.29, 1.82) is 0 Å². The van der Waals surface area contributed by atoms with Crippen LogP contribution in [0.15, 0.2) is 23.1 Å². The zero-order chi connectivity index (χ0) is 18.4. The molecule has 0 saturated carbocycles. The van der Waals surface area contributed by atoms with Crippen LogP contribution in [0.5, 0.6) is 5.75 Å². The van der Waals surface area contributed by atoms with Crippen molar-refractivity contribution in [1.82, 2.24) is 14.9 Å². The number of piperidine rings is 1. The van der Waals surface area contributed by atoms with Crippen LogP contribution in [0.3, 0.4) is 0 Å². The fraction of sp³-hybridized carbons (Fsp3) is 0.588. The molecule has 1 aliphatic heterocycles. The van der Waals surface area contributed by atoms with Gasteiger partial charge in [-0.15, -0.1) is 0 Å². The Morgan fingerprint density at radius 3 is 2.56 bits per heavy atom. The van der Waals surface area contributed by atoms with Crippen molar-refractivity contribution in [3.8, 4) is 5.75 Å². The number of carbonyl (C=O) groups is 1. The van der Waals surface area contributed by atoms with Crippen LogP contribution in [0.1, 0.15) is 31.7 Å². The highest BCUT2D eigenvalue weighted by Gasteiger charge is 2.29. The van der Waals surface area contributed by atoms with Crippen molar-refractivity contribution in [3.05, 3.63) is 23.8 Å². The zero-order valence-corrected chi connectivity index (χ0v) is 15.9. The third kappa shape index (κ3) is 4.71. The number of methoxy groups -OCH3 is 1. The molecule has 0 bridgehead atoms. The smallest absolute Gasteiger partial charge is 0.243 e. The van der Waals surface area contributed by atoms with E-state index in [2.05, 4.69) is 10.6 Å². The Morgan fingerprint density at radius 1 is 1.32 bits per heavy atom. The molecule has 0 radical (unpaired) electrons. The molecule has 1 saturated heterocycles. The summed E-state index contributed by atoms with van der Waals surface area (Å²) in [4.78, 5) is 11.7. The van der Waals surface area contributed by atoms with E-state index in [1.54, 1.807) is 25.1 Å². The van der Waals surface area contributed by atoms with Crippen LogP contribution in [-0.4, -0.2) is 51.9 Å². The van der Waals surface area contributed by atoms with E-state index in [1.165, 1.54) is 11.4 Å². The van der Waals surface area contributed by atoms with E-state index >= 15 is 0 Å². The summed E-state index contributed by atoms with van der Waals surface area (Å²) in [7, 11) is -0.125. The van der Waals surface area contributed by atoms with E-state index in [0.717, 1.165) is 12.8 Å². The molecule has 1 heterocycles. The first-order valence-corrected chi connectivity index (χ1v) is 9.97. The van der Waals surface area contributed by atoms with Gasteiger partial charge in [0.25, 0.3) is 0 Å². The first-order valence-electron chi connectivity index (χ1n) is 8.53. The summed E-state index contributed by atoms with van der Waals surface area (Å²) in [5.41, 5.74) is 0.649. The minimum Gasteiger partial charge on any atom is -0.496 e. The van der Waals surface area contributed by atoms with Crippen LogP contribution in [0.2, 0.25) is 0 Å². The van der Waals surface area contributed by atoms with E-state index in [1.807, 2.05) is 7.05 Å². The highest BCUT2D eigenvalue weighted by atomic mass is 32.2. The molecule has 0 aromatic heterocycles. The lowest BCUT2D eigenvalue weighted by atomic mass is 10.1. The normalized spacial score (nSPS) is 16.6. The van der Waals surface area contributed by atoms with Crippen molar-refractivity contribution in [2.75, 3.05) is 27.2 Å². The van der Waals surface area contributed by atoms with Crippen LogP contribution in [0.4, 0.5) is 0 Å². The van der Waals surface area contributed by atoms with Gasteiger partial charge in [0.2, 0.25) is 15.9 Å². The number of benzene rings is 1. The SMILES string of the molecule is CCC(=O)NCc1cc(S(=O)(=O)N2CCC(NC)CC2)ccc1OC. The highest BCUT2D eigenvalue weighted by molar-refractivity contribution is 7.89. The average molecular weight is 369 g/mol. The number of nitrogens with zero attached hydrogens (tertiary/aromatic N) is 1. The van der Waals surface area contributed by atoms with Gasteiger partial charge in [-0.05, 0) is 38.1 Å². The van der Waals surface area contributed by atoms with Gasteiger partial charge in [0, 0.05) is 37.7 Å². The van der Waals surface area contributed by atoms with Gasteiger partial charge in [-0.1, -0.05) is 6.92 Å². The minimum atomic E-state index is -3.55. The van der Waals surface area contributed by atoms with E-state index in [9.17, 15) is 13.2 Å². The van der Waals surface area contributed by atoms with Crippen LogP contribution in [0, 0.1) is 0 Å². The zero-order valence-electron chi connectivity index (χ0n) is 15.0. The number of carbonyl (C=O) groups excluding carboxylic acids is 1. The molecule has 2 N–H and O–H groups in total. The predicted molar refractivity (Wildman–Crippen MR) is 96.0 cm³/mol. The molecular formula is C17H27N3O4S. The molecule has 1 amide bonds. The van der Waals surface area contributed by atoms with E-state index in [0.29, 0.717) is 36.9 Å².